The van der Waals surface area contributed by atoms with Crippen molar-refractivity contribution >= 4 is 28.6 Å². The number of halogens is 5. The molecule has 2 aromatic carbocycles. The Morgan fingerprint density at radius 3 is 2.24 bits per heavy atom. The van der Waals surface area contributed by atoms with Gasteiger partial charge in [0.25, 0.3) is 0 Å². The number of benzene rings is 2. The molecular weight excluding hydrogens is 563 g/mol. The number of hydrogen-bond donors (Lipinski definition) is 2. The number of aromatic nitrogens is 1. The average Bonchev–Trinajstić information content (AvgIpc) is 3.17. The van der Waals surface area contributed by atoms with Crippen molar-refractivity contribution in [1.82, 2.24) is 9.47 Å². The van der Waals surface area contributed by atoms with Gasteiger partial charge in [-0.15, -0.1) is 0 Å². The maximum Gasteiger partial charge on any atom is 0.453 e. The maximum atomic E-state index is 12.9. The van der Waals surface area contributed by atoms with E-state index in [1.807, 2.05) is 25.1 Å². The minimum Gasteiger partial charge on any atom is -0.508 e. The molecule has 11 heteroatoms. The zero-order valence-electron chi connectivity index (χ0n) is 23.3. The lowest BCUT2D eigenvalue weighted by atomic mass is 10.1. The van der Waals surface area contributed by atoms with Crippen molar-refractivity contribution in [1.29, 1.82) is 0 Å². The number of unbranched alkanes of at least 4 members (excludes halogenated alkanes) is 2. The number of aromatic hydroxyl groups is 2. The first kappa shape index (κ1) is 32.6. The van der Waals surface area contributed by atoms with Crippen molar-refractivity contribution < 1.29 is 37.0 Å². The molecule has 1 aromatic heterocycles. The number of rotatable bonds is 15. The van der Waals surface area contributed by atoms with E-state index in [9.17, 15) is 37.0 Å². The predicted molar refractivity (Wildman–Crippen MR) is 154 cm³/mol. The molecule has 3 aromatic rings. The molecule has 226 valence electrons. The molecule has 0 unspecified atom stereocenters. The van der Waals surface area contributed by atoms with Crippen LogP contribution in [0, 0.1) is 6.92 Å². The highest BCUT2D eigenvalue weighted by atomic mass is 32.2. The van der Waals surface area contributed by atoms with Gasteiger partial charge >= 0.3 is 12.1 Å². The fourth-order valence-electron chi connectivity index (χ4n) is 4.82. The maximum absolute atomic E-state index is 12.9. The second-order valence-corrected chi connectivity index (χ2v) is 11.5. The average molecular weight is 601 g/mol. The molecule has 5 nitrogen and oxygen atoms in total. The number of nitrogens with zero attached hydrogens (tertiary/aromatic N) is 2. The van der Waals surface area contributed by atoms with Crippen LogP contribution in [0.4, 0.5) is 22.0 Å². The number of amides is 1. The van der Waals surface area contributed by atoms with Crippen LogP contribution in [0.2, 0.25) is 0 Å². The molecule has 0 bridgehead atoms. The smallest absolute Gasteiger partial charge is 0.453 e. The number of thioether (sulfide) groups is 1. The number of aryl methyl sites for hydroxylation is 2. The molecule has 0 spiro atoms. The first-order valence-electron chi connectivity index (χ1n) is 13.7. The first-order chi connectivity index (χ1) is 19.3. The molecule has 0 aliphatic heterocycles. The summed E-state index contributed by atoms with van der Waals surface area (Å²) in [6, 6.07) is 12.3. The highest BCUT2D eigenvalue weighted by Crippen LogP contribution is 2.39. The molecule has 0 atom stereocenters. The van der Waals surface area contributed by atoms with E-state index in [-0.39, 0.29) is 29.6 Å². The van der Waals surface area contributed by atoms with Crippen molar-refractivity contribution in [2.24, 2.45) is 0 Å². The quantitative estimate of drug-likeness (QED) is 0.137. The molecule has 0 fully saturated rings. The van der Waals surface area contributed by atoms with Crippen molar-refractivity contribution in [2.45, 2.75) is 70.5 Å². The van der Waals surface area contributed by atoms with Crippen molar-refractivity contribution in [3.8, 4) is 22.8 Å². The molecule has 0 aliphatic carbocycles. The van der Waals surface area contributed by atoms with Crippen LogP contribution < -0.4 is 0 Å². The van der Waals surface area contributed by atoms with Crippen molar-refractivity contribution in [2.75, 3.05) is 25.1 Å². The highest BCUT2D eigenvalue weighted by molar-refractivity contribution is 7.99. The lowest BCUT2D eigenvalue weighted by Crippen LogP contribution is -2.36. The number of carbonyl (C=O) groups excluding carboxylic acids is 1. The first-order valence-corrected chi connectivity index (χ1v) is 14.8. The second-order valence-electron chi connectivity index (χ2n) is 10.3. The van der Waals surface area contributed by atoms with Gasteiger partial charge < -0.3 is 19.7 Å². The Morgan fingerprint density at radius 2 is 1.56 bits per heavy atom. The summed E-state index contributed by atoms with van der Waals surface area (Å²) in [5, 5.41) is 20.7. The molecule has 0 saturated carbocycles. The molecule has 0 saturated heterocycles. The van der Waals surface area contributed by atoms with Gasteiger partial charge in [-0.25, -0.2) is 0 Å². The standard InChI is InChI=1S/C30H37F5N2O3S/c1-21-25-20-24(39)13-14-26(25)37(28(21)22-9-11-23(38)12-10-22)17-5-3-4-8-27(40)36(2)16-7-19-41-18-6-15-29(31,32)30(33,34)35/h9-14,20,38-39H,3-8,15-19H2,1-2H3. The van der Waals surface area contributed by atoms with Gasteiger partial charge in [-0.05, 0) is 97.7 Å². The molecule has 0 radical (unpaired) electrons. The highest BCUT2D eigenvalue weighted by Gasteiger charge is 2.56. The summed E-state index contributed by atoms with van der Waals surface area (Å²) in [6.07, 6.45) is -3.48. The van der Waals surface area contributed by atoms with Crippen LogP contribution in [0.15, 0.2) is 42.5 Å². The van der Waals surface area contributed by atoms with Crippen LogP contribution in [0.3, 0.4) is 0 Å². The Bertz CT molecular complexity index is 1290. The minimum absolute atomic E-state index is 0.0161. The zero-order chi connectivity index (χ0) is 30.2. The van der Waals surface area contributed by atoms with Crippen LogP contribution in [0.5, 0.6) is 11.5 Å². The summed E-state index contributed by atoms with van der Waals surface area (Å²) in [6.45, 7) is 3.24. The predicted octanol–water partition coefficient (Wildman–Crippen LogP) is 8.15. The van der Waals surface area contributed by atoms with Crippen LogP contribution >= 0.6 is 11.8 Å². The van der Waals surface area contributed by atoms with Gasteiger partial charge in [-0.1, -0.05) is 6.42 Å². The van der Waals surface area contributed by atoms with E-state index < -0.39 is 18.5 Å². The molecule has 2 N–H and O–H groups in total. The number of alkyl halides is 5. The van der Waals surface area contributed by atoms with E-state index in [4.69, 9.17) is 0 Å². The van der Waals surface area contributed by atoms with Crippen LogP contribution in [-0.4, -0.2) is 62.8 Å². The summed E-state index contributed by atoms with van der Waals surface area (Å²) >= 11 is 1.32. The fourth-order valence-corrected chi connectivity index (χ4v) is 5.70. The van der Waals surface area contributed by atoms with Gasteiger partial charge in [0.15, 0.2) is 0 Å². The number of phenolic OH excluding ortho intramolecular Hbond substituents is 2. The number of carbonyl (C=O) groups is 1. The normalized spacial score (nSPS) is 12.3. The minimum atomic E-state index is -5.50. The van der Waals surface area contributed by atoms with Crippen LogP contribution in [0.1, 0.15) is 50.5 Å². The number of hydrogen-bond acceptors (Lipinski definition) is 4. The van der Waals surface area contributed by atoms with Gasteiger partial charge in [-0.3, -0.25) is 4.79 Å². The molecule has 0 aliphatic rings. The van der Waals surface area contributed by atoms with Crippen LogP contribution in [0.25, 0.3) is 22.2 Å². The fraction of sp³-hybridized carbons (Fsp3) is 0.500. The third kappa shape index (κ3) is 8.77. The van der Waals surface area contributed by atoms with Crippen molar-refractivity contribution in [3.63, 3.8) is 0 Å². The SMILES string of the molecule is Cc1c(-c2ccc(O)cc2)n(CCCCCC(=O)N(C)CCCSCCCC(F)(F)C(F)(F)F)c2ccc(O)cc12. The van der Waals surface area contributed by atoms with Gasteiger partial charge in [0, 0.05) is 43.9 Å². The van der Waals surface area contributed by atoms with Gasteiger partial charge in [0.05, 0.1) is 5.69 Å². The molecule has 41 heavy (non-hydrogen) atoms. The topological polar surface area (TPSA) is 65.7 Å². The third-order valence-corrected chi connectivity index (χ3v) is 8.27. The van der Waals surface area contributed by atoms with E-state index in [1.54, 1.807) is 36.2 Å². The Kier molecular flexibility index (Phi) is 11.3. The summed E-state index contributed by atoms with van der Waals surface area (Å²) in [7, 11) is 1.71. The Balaban J connectivity index is 1.41. The van der Waals surface area contributed by atoms with Gasteiger partial charge in [0.2, 0.25) is 5.91 Å². The zero-order valence-corrected chi connectivity index (χ0v) is 24.1. The molecular formula is C30H37F5N2O3S. The lowest BCUT2D eigenvalue weighted by molar-refractivity contribution is -0.284. The summed E-state index contributed by atoms with van der Waals surface area (Å²) in [4.78, 5) is 14.1. The Labute approximate surface area is 241 Å². The monoisotopic (exact) mass is 600 g/mol. The van der Waals surface area contributed by atoms with E-state index in [0.717, 1.165) is 53.5 Å². The van der Waals surface area contributed by atoms with E-state index in [2.05, 4.69) is 4.57 Å². The molecule has 1 amide bonds. The Hall–Kier alpha value is -2.95. The van der Waals surface area contributed by atoms with Gasteiger partial charge in [0.1, 0.15) is 11.5 Å². The third-order valence-electron chi connectivity index (χ3n) is 7.12. The van der Waals surface area contributed by atoms with Gasteiger partial charge in [-0.2, -0.15) is 33.7 Å². The van der Waals surface area contributed by atoms with Crippen molar-refractivity contribution in [3.05, 3.63) is 48.0 Å². The summed E-state index contributed by atoms with van der Waals surface area (Å²) in [5.41, 5.74) is 4.03. The van der Waals surface area contributed by atoms with E-state index in [1.165, 1.54) is 11.8 Å². The van der Waals surface area contributed by atoms with Crippen LogP contribution in [-0.2, 0) is 11.3 Å². The summed E-state index contributed by atoms with van der Waals surface area (Å²) in [5.74, 6) is -3.44. The number of phenols is 2. The van der Waals surface area contributed by atoms with E-state index >= 15 is 0 Å². The number of fused-ring (bicyclic) bond motifs is 1. The second kappa shape index (κ2) is 14.3. The lowest BCUT2D eigenvalue weighted by Gasteiger charge is -2.19. The largest absolute Gasteiger partial charge is 0.508 e. The summed E-state index contributed by atoms with van der Waals surface area (Å²) < 4.78 is 64.6. The molecule has 1 heterocycles. The van der Waals surface area contributed by atoms with E-state index in [0.29, 0.717) is 25.1 Å². The Morgan fingerprint density at radius 1 is 0.902 bits per heavy atom. The molecule has 3 rings (SSSR count).